The van der Waals surface area contributed by atoms with E-state index in [4.69, 9.17) is 0 Å². The third kappa shape index (κ3) is 3.85. The Kier molecular flexibility index (Phi) is 5.28. The minimum atomic E-state index is -0.218. The van der Waals surface area contributed by atoms with Gasteiger partial charge in [-0.3, -0.25) is 9.78 Å². The van der Waals surface area contributed by atoms with Crippen molar-refractivity contribution in [2.45, 2.75) is 19.0 Å². The van der Waals surface area contributed by atoms with Gasteiger partial charge in [0.05, 0.1) is 17.6 Å². The van der Waals surface area contributed by atoms with Crippen molar-refractivity contribution in [2.75, 3.05) is 29.4 Å². The van der Waals surface area contributed by atoms with Crippen molar-refractivity contribution < 1.29 is 9.18 Å². The van der Waals surface area contributed by atoms with Crippen LogP contribution in [-0.2, 0) is 17.8 Å². The molecule has 31 heavy (non-hydrogen) atoms. The summed E-state index contributed by atoms with van der Waals surface area (Å²) in [5.74, 6) is -0.394. The zero-order valence-corrected chi connectivity index (χ0v) is 17.2. The zero-order chi connectivity index (χ0) is 21.2. The lowest BCUT2D eigenvalue weighted by Crippen LogP contribution is -2.61. The van der Waals surface area contributed by atoms with Gasteiger partial charge in [-0.05, 0) is 41.8 Å². The van der Waals surface area contributed by atoms with Gasteiger partial charge in [-0.2, -0.15) is 0 Å². The van der Waals surface area contributed by atoms with Gasteiger partial charge in [-0.15, -0.1) is 0 Å². The fourth-order valence-corrected chi connectivity index (χ4v) is 4.81. The summed E-state index contributed by atoms with van der Waals surface area (Å²) < 4.78 is 14.5. The highest BCUT2D eigenvalue weighted by Crippen LogP contribution is 2.37. The number of hydrogen-bond donors (Lipinski definition) is 1. The van der Waals surface area contributed by atoms with Gasteiger partial charge in [-0.25, -0.2) is 4.39 Å². The molecule has 1 N–H and O–H groups in total. The molecule has 1 aromatic heterocycles. The molecule has 6 heteroatoms. The first kappa shape index (κ1) is 19.5. The summed E-state index contributed by atoms with van der Waals surface area (Å²) in [6, 6.07) is 19.0. The number of halogens is 1. The van der Waals surface area contributed by atoms with Gasteiger partial charge >= 0.3 is 0 Å². The van der Waals surface area contributed by atoms with Crippen LogP contribution in [0, 0.1) is 11.7 Å². The van der Waals surface area contributed by atoms with E-state index < -0.39 is 0 Å². The van der Waals surface area contributed by atoms with Crippen LogP contribution in [-0.4, -0.2) is 36.6 Å². The number of carbonyl (C=O) groups excluding carboxylic acids is 1. The molecule has 158 valence electrons. The average molecular weight is 417 g/mol. The largest absolute Gasteiger partial charge is 0.365 e. The highest BCUT2D eigenvalue weighted by molar-refractivity contribution is 5.82. The molecule has 0 aliphatic carbocycles. The average Bonchev–Trinajstić information content (AvgIpc) is 2.82. The smallest absolute Gasteiger partial charge is 0.225 e. The Labute approximate surface area is 181 Å². The highest BCUT2D eigenvalue weighted by atomic mass is 19.1. The van der Waals surface area contributed by atoms with E-state index >= 15 is 0 Å². The SMILES string of the molecule is O=C(NCc1cccnc1)C1Cc2ccccc2N2CCN(c3ccccc3F)CC12. The number of anilines is 2. The van der Waals surface area contributed by atoms with Crippen molar-refractivity contribution in [2.24, 2.45) is 5.92 Å². The molecule has 0 bridgehead atoms. The molecule has 0 radical (unpaired) electrons. The van der Waals surface area contributed by atoms with E-state index in [1.807, 2.05) is 36.4 Å². The Morgan fingerprint density at radius 1 is 1.03 bits per heavy atom. The van der Waals surface area contributed by atoms with Gasteiger partial charge < -0.3 is 15.1 Å². The van der Waals surface area contributed by atoms with Crippen LogP contribution in [0.5, 0.6) is 0 Å². The molecule has 3 aromatic rings. The van der Waals surface area contributed by atoms with Gasteiger partial charge in [0.15, 0.2) is 0 Å². The maximum atomic E-state index is 14.5. The normalized spacial score (nSPS) is 20.0. The number of carbonyl (C=O) groups is 1. The highest BCUT2D eigenvalue weighted by Gasteiger charge is 2.41. The van der Waals surface area contributed by atoms with Crippen LogP contribution >= 0.6 is 0 Å². The summed E-state index contributed by atoms with van der Waals surface area (Å²) in [6.07, 6.45) is 4.17. The summed E-state index contributed by atoms with van der Waals surface area (Å²) in [6.45, 7) is 2.53. The van der Waals surface area contributed by atoms with Crippen LogP contribution in [0.15, 0.2) is 73.1 Å². The number of para-hydroxylation sites is 2. The lowest BCUT2D eigenvalue weighted by molar-refractivity contribution is -0.126. The van der Waals surface area contributed by atoms with E-state index in [-0.39, 0.29) is 23.7 Å². The quantitative estimate of drug-likeness (QED) is 0.708. The van der Waals surface area contributed by atoms with Crippen LogP contribution in [0.4, 0.5) is 15.8 Å². The lowest BCUT2D eigenvalue weighted by atomic mass is 9.83. The number of pyridine rings is 1. The van der Waals surface area contributed by atoms with Crippen LogP contribution in [0.2, 0.25) is 0 Å². The lowest BCUT2D eigenvalue weighted by Gasteiger charge is -2.49. The van der Waals surface area contributed by atoms with Crippen molar-refractivity contribution in [3.63, 3.8) is 0 Å². The van der Waals surface area contributed by atoms with E-state index in [1.165, 1.54) is 17.3 Å². The van der Waals surface area contributed by atoms with E-state index in [1.54, 1.807) is 18.5 Å². The van der Waals surface area contributed by atoms with Gasteiger partial charge in [0.2, 0.25) is 5.91 Å². The van der Waals surface area contributed by atoms with Crippen molar-refractivity contribution in [1.29, 1.82) is 0 Å². The number of aromatic nitrogens is 1. The molecule has 3 heterocycles. The van der Waals surface area contributed by atoms with Crippen LogP contribution in [0.3, 0.4) is 0 Å². The van der Waals surface area contributed by atoms with Gasteiger partial charge in [0.1, 0.15) is 5.82 Å². The molecule has 1 saturated heterocycles. The number of nitrogens with one attached hydrogen (secondary N) is 1. The number of benzene rings is 2. The summed E-state index contributed by atoms with van der Waals surface area (Å²) in [4.78, 5) is 21.8. The predicted molar refractivity (Wildman–Crippen MR) is 119 cm³/mol. The minimum absolute atomic E-state index is 0.0165. The molecule has 2 aliphatic rings. The number of nitrogens with zero attached hydrogens (tertiary/aromatic N) is 3. The molecule has 0 spiro atoms. The number of hydrogen-bond acceptors (Lipinski definition) is 4. The standard InChI is InChI=1S/C25H25FN4O/c26-21-8-2-4-10-23(21)29-12-13-30-22-9-3-1-7-19(22)14-20(24(30)17-29)25(31)28-16-18-6-5-11-27-15-18/h1-11,15,20,24H,12-14,16-17H2,(H,28,31). The first-order valence-corrected chi connectivity index (χ1v) is 10.7. The van der Waals surface area contributed by atoms with E-state index in [2.05, 4.69) is 32.2 Å². The third-order valence-electron chi connectivity index (χ3n) is 6.34. The summed E-state index contributed by atoms with van der Waals surface area (Å²) >= 11 is 0. The fraction of sp³-hybridized carbons (Fsp3) is 0.280. The van der Waals surface area contributed by atoms with Crippen LogP contribution < -0.4 is 15.1 Å². The van der Waals surface area contributed by atoms with Gasteiger partial charge in [0, 0.05) is 44.3 Å². The second-order valence-electron chi connectivity index (χ2n) is 8.18. The molecule has 0 saturated carbocycles. The Hall–Kier alpha value is -3.41. The molecular formula is C25H25FN4O. The summed E-state index contributed by atoms with van der Waals surface area (Å²) in [5, 5.41) is 3.10. The topological polar surface area (TPSA) is 48.5 Å². The molecule has 1 fully saturated rings. The maximum Gasteiger partial charge on any atom is 0.225 e. The Balaban J connectivity index is 1.41. The number of rotatable bonds is 4. The van der Waals surface area contributed by atoms with E-state index in [0.717, 1.165) is 18.7 Å². The Bertz CT molecular complexity index is 1070. The monoisotopic (exact) mass is 416 g/mol. The van der Waals surface area contributed by atoms with Crippen LogP contribution in [0.25, 0.3) is 0 Å². The number of piperazine rings is 1. The van der Waals surface area contributed by atoms with Crippen molar-refractivity contribution in [1.82, 2.24) is 10.3 Å². The van der Waals surface area contributed by atoms with Gasteiger partial charge in [-0.1, -0.05) is 36.4 Å². The first-order chi connectivity index (χ1) is 15.2. The van der Waals surface area contributed by atoms with Crippen molar-refractivity contribution in [3.8, 4) is 0 Å². The molecule has 5 rings (SSSR count). The van der Waals surface area contributed by atoms with E-state index in [9.17, 15) is 9.18 Å². The zero-order valence-electron chi connectivity index (χ0n) is 17.2. The molecule has 1 amide bonds. The molecule has 2 atom stereocenters. The summed E-state index contributed by atoms with van der Waals surface area (Å²) in [5.41, 5.74) is 3.97. The number of fused-ring (bicyclic) bond motifs is 3. The van der Waals surface area contributed by atoms with Crippen LogP contribution in [0.1, 0.15) is 11.1 Å². The number of amides is 1. The molecule has 5 nitrogen and oxygen atoms in total. The van der Waals surface area contributed by atoms with Crippen molar-refractivity contribution >= 4 is 17.3 Å². The fourth-order valence-electron chi connectivity index (χ4n) is 4.81. The van der Waals surface area contributed by atoms with Gasteiger partial charge in [0.25, 0.3) is 0 Å². The van der Waals surface area contributed by atoms with Crippen molar-refractivity contribution in [3.05, 3.63) is 90.0 Å². The predicted octanol–water partition coefficient (Wildman–Crippen LogP) is 3.40. The first-order valence-electron chi connectivity index (χ1n) is 10.7. The molecular weight excluding hydrogens is 391 g/mol. The maximum absolute atomic E-state index is 14.5. The Morgan fingerprint density at radius 2 is 1.84 bits per heavy atom. The summed E-state index contributed by atoms with van der Waals surface area (Å²) in [7, 11) is 0. The third-order valence-corrected chi connectivity index (χ3v) is 6.34. The Morgan fingerprint density at radius 3 is 2.65 bits per heavy atom. The minimum Gasteiger partial charge on any atom is -0.365 e. The van der Waals surface area contributed by atoms with E-state index in [0.29, 0.717) is 25.2 Å². The second kappa shape index (κ2) is 8.38. The molecule has 2 unspecified atom stereocenters. The molecule has 2 aliphatic heterocycles. The second-order valence-corrected chi connectivity index (χ2v) is 8.18. The molecule has 2 aromatic carbocycles.